The lowest BCUT2D eigenvalue weighted by molar-refractivity contribution is -0.385. The number of nitrogens with zero attached hydrogens (tertiary/aromatic N) is 5. The van der Waals surface area contributed by atoms with E-state index in [1.54, 1.807) is 0 Å². The van der Waals surface area contributed by atoms with Crippen LogP contribution < -0.4 is 10.6 Å². The molecule has 0 atom stereocenters. The molecule has 2 amide bonds. The highest BCUT2D eigenvalue weighted by Gasteiger charge is 2.16. The molecule has 0 saturated carbocycles. The molecule has 3 rings (SSSR count). The number of aromatic nitrogens is 4. The van der Waals surface area contributed by atoms with Crippen molar-refractivity contribution in [2.24, 2.45) is 0 Å². The second-order valence-corrected chi connectivity index (χ2v) is 6.08. The minimum absolute atomic E-state index is 0.00986. The lowest BCUT2D eigenvalue weighted by Crippen LogP contribution is -2.35. The number of benzene rings is 1. The van der Waals surface area contributed by atoms with Gasteiger partial charge in [0.1, 0.15) is 24.8 Å². The van der Waals surface area contributed by atoms with Crippen LogP contribution in [0.1, 0.15) is 22.1 Å². The van der Waals surface area contributed by atoms with Crippen molar-refractivity contribution in [2.45, 2.75) is 13.0 Å². The van der Waals surface area contributed by atoms with Crippen LogP contribution in [0, 0.1) is 15.9 Å². The maximum absolute atomic E-state index is 12.8. The molecule has 0 fully saturated rings. The standard InChI is InChI=1S/C17H16FN7O5/c18-12-3-1-11(2-4-12)7-15(26)19-5-6-20-16(27)17-22-14(23-30-17)10-24-9-13(8-21-24)25(28)29/h1-4,8-9H,5-7,10H2,(H,19,26)(H,20,27). The molecule has 0 spiro atoms. The molecule has 30 heavy (non-hydrogen) atoms. The van der Waals surface area contributed by atoms with E-state index in [4.69, 9.17) is 4.52 Å². The number of hydrogen-bond donors (Lipinski definition) is 2. The number of hydrogen-bond acceptors (Lipinski definition) is 8. The number of halogens is 1. The summed E-state index contributed by atoms with van der Waals surface area (Å²) >= 11 is 0. The Morgan fingerprint density at radius 2 is 1.93 bits per heavy atom. The molecule has 13 heteroatoms. The van der Waals surface area contributed by atoms with E-state index >= 15 is 0 Å². The van der Waals surface area contributed by atoms with Gasteiger partial charge in [-0.15, -0.1) is 0 Å². The van der Waals surface area contributed by atoms with Crippen LogP contribution in [-0.4, -0.2) is 49.7 Å². The SMILES string of the molecule is O=C(Cc1ccc(F)cc1)NCCNC(=O)c1nc(Cn2cc([N+](=O)[O-])cn2)no1. The van der Waals surface area contributed by atoms with Crippen LogP contribution in [0.15, 0.2) is 41.2 Å². The van der Waals surface area contributed by atoms with Crippen molar-refractivity contribution in [1.29, 1.82) is 0 Å². The molecule has 2 N–H and O–H groups in total. The molecule has 0 aliphatic carbocycles. The summed E-state index contributed by atoms with van der Waals surface area (Å²) in [6, 6.07) is 5.58. The Bertz CT molecular complexity index is 1050. The number of nitro groups is 1. The summed E-state index contributed by atoms with van der Waals surface area (Å²) in [5.74, 6) is -1.45. The largest absolute Gasteiger partial charge is 0.354 e. The Morgan fingerprint density at radius 3 is 2.63 bits per heavy atom. The quantitative estimate of drug-likeness (QED) is 0.288. The zero-order valence-corrected chi connectivity index (χ0v) is 15.4. The molecule has 12 nitrogen and oxygen atoms in total. The Kier molecular flexibility index (Phi) is 6.42. The third kappa shape index (κ3) is 5.67. The topological polar surface area (TPSA) is 158 Å². The fourth-order valence-electron chi connectivity index (χ4n) is 2.39. The van der Waals surface area contributed by atoms with Crippen molar-refractivity contribution in [3.63, 3.8) is 0 Å². The van der Waals surface area contributed by atoms with E-state index in [0.29, 0.717) is 5.56 Å². The molecule has 2 aromatic heterocycles. The van der Waals surface area contributed by atoms with Crippen molar-refractivity contribution in [3.05, 3.63) is 69.9 Å². The molecule has 0 unspecified atom stereocenters. The Labute approximate surface area is 168 Å². The monoisotopic (exact) mass is 417 g/mol. The Morgan fingerprint density at radius 1 is 1.20 bits per heavy atom. The van der Waals surface area contributed by atoms with Crippen molar-refractivity contribution >= 4 is 17.5 Å². The van der Waals surface area contributed by atoms with Gasteiger partial charge >= 0.3 is 17.5 Å². The summed E-state index contributed by atoms with van der Waals surface area (Å²) in [6.07, 6.45) is 2.37. The van der Waals surface area contributed by atoms with E-state index in [2.05, 4.69) is 25.9 Å². The number of nitrogens with one attached hydrogen (secondary N) is 2. The Hall–Kier alpha value is -4.16. The van der Waals surface area contributed by atoms with E-state index in [0.717, 1.165) is 6.20 Å². The molecule has 1 aromatic carbocycles. The van der Waals surface area contributed by atoms with Gasteiger partial charge in [-0.2, -0.15) is 10.1 Å². The van der Waals surface area contributed by atoms with Crippen LogP contribution in [0.5, 0.6) is 0 Å². The smallest absolute Gasteiger partial charge is 0.316 e. The van der Waals surface area contributed by atoms with Crippen molar-refractivity contribution in [3.8, 4) is 0 Å². The number of amides is 2. The summed E-state index contributed by atoms with van der Waals surface area (Å²) in [5, 5.41) is 23.2. The van der Waals surface area contributed by atoms with Gasteiger partial charge in [0, 0.05) is 13.1 Å². The molecular formula is C17H16FN7O5. The van der Waals surface area contributed by atoms with Gasteiger partial charge in [0.05, 0.1) is 11.3 Å². The van der Waals surface area contributed by atoms with Crippen LogP contribution in [0.2, 0.25) is 0 Å². The van der Waals surface area contributed by atoms with Crippen LogP contribution >= 0.6 is 0 Å². The maximum Gasteiger partial charge on any atom is 0.316 e. The van der Waals surface area contributed by atoms with E-state index in [9.17, 15) is 24.1 Å². The lowest BCUT2D eigenvalue weighted by atomic mass is 10.1. The first-order chi connectivity index (χ1) is 14.4. The summed E-state index contributed by atoms with van der Waals surface area (Å²) in [5.41, 5.74) is 0.483. The van der Waals surface area contributed by atoms with Crippen LogP contribution in [-0.2, 0) is 17.8 Å². The van der Waals surface area contributed by atoms with E-state index in [1.165, 1.54) is 35.1 Å². The average molecular weight is 417 g/mol. The summed E-state index contributed by atoms with van der Waals surface area (Å²) in [6.45, 7) is 0.283. The zero-order valence-electron chi connectivity index (χ0n) is 15.4. The van der Waals surface area contributed by atoms with Crippen molar-refractivity contribution in [2.75, 3.05) is 13.1 Å². The van der Waals surface area contributed by atoms with E-state index in [1.807, 2.05) is 0 Å². The number of carbonyl (C=O) groups excluding carboxylic acids is 2. The van der Waals surface area contributed by atoms with Gasteiger partial charge in [0.15, 0.2) is 5.82 Å². The van der Waals surface area contributed by atoms with Gasteiger partial charge in [0.25, 0.3) is 0 Å². The first-order valence-electron chi connectivity index (χ1n) is 8.69. The second kappa shape index (κ2) is 9.36. The Balaban J connectivity index is 1.40. The fourth-order valence-corrected chi connectivity index (χ4v) is 2.39. The van der Waals surface area contributed by atoms with Gasteiger partial charge in [0.2, 0.25) is 5.91 Å². The first-order valence-corrected chi connectivity index (χ1v) is 8.69. The number of carbonyl (C=O) groups is 2. The third-order valence-electron chi connectivity index (χ3n) is 3.81. The van der Waals surface area contributed by atoms with Gasteiger partial charge in [-0.3, -0.25) is 24.4 Å². The molecule has 0 aliphatic rings. The van der Waals surface area contributed by atoms with Crippen LogP contribution in [0.25, 0.3) is 0 Å². The molecule has 0 bridgehead atoms. The van der Waals surface area contributed by atoms with Crippen LogP contribution in [0.3, 0.4) is 0 Å². The van der Waals surface area contributed by atoms with Gasteiger partial charge in [-0.05, 0) is 17.7 Å². The number of rotatable bonds is 9. The highest BCUT2D eigenvalue weighted by molar-refractivity contribution is 5.89. The van der Waals surface area contributed by atoms with Crippen molar-refractivity contribution in [1.82, 2.24) is 30.6 Å². The van der Waals surface area contributed by atoms with Crippen molar-refractivity contribution < 1.29 is 23.4 Å². The molecule has 0 saturated heterocycles. The highest BCUT2D eigenvalue weighted by Crippen LogP contribution is 2.09. The van der Waals surface area contributed by atoms with Gasteiger partial charge in [-0.1, -0.05) is 17.3 Å². The van der Waals surface area contributed by atoms with Crippen LogP contribution in [0.4, 0.5) is 10.1 Å². The molecule has 0 radical (unpaired) electrons. The van der Waals surface area contributed by atoms with E-state index < -0.39 is 10.8 Å². The molecular weight excluding hydrogens is 401 g/mol. The summed E-state index contributed by atoms with van der Waals surface area (Å²) in [7, 11) is 0. The summed E-state index contributed by atoms with van der Waals surface area (Å²) < 4.78 is 18.9. The predicted molar refractivity (Wildman–Crippen MR) is 97.7 cm³/mol. The third-order valence-corrected chi connectivity index (χ3v) is 3.81. The van der Waals surface area contributed by atoms with Gasteiger partial charge < -0.3 is 15.2 Å². The molecule has 3 aromatic rings. The lowest BCUT2D eigenvalue weighted by Gasteiger charge is -2.06. The van der Waals surface area contributed by atoms with Gasteiger partial charge in [-0.25, -0.2) is 4.39 Å². The molecule has 156 valence electrons. The second-order valence-electron chi connectivity index (χ2n) is 6.08. The minimum Gasteiger partial charge on any atom is -0.354 e. The van der Waals surface area contributed by atoms with E-state index in [-0.39, 0.29) is 55.2 Å². The normalized spacial score (nSPS) is 10.6. The maximum atomic E-state index is 12.8. The highest BCUT2D eigenvalue weighted by atomic mass is 19.1. The molecule has 2 heterocycles. The minimum atomic E-state index is -0.632. The molecule has 0 aliphatic heterocycles. The zero-order chi connectivity index (χ0) is 21.5. The summed E-state index contributed by atoms with van der Waals surface area (Å²) in [4.78, 5) is 37.8. The average Bonchev–Trinajstić information content (AvgIpc) is 3.37. The predicted octanol–water partition coefficient (Wildman–Crippen LogP) is 0.450. The first kappa shape index (κ1) is 20.6. The fraction of sp³-hybridized carbons (Fsp3) is 0.235.